The highest BCUT2D eigenvalue weighted by Gasteiger charge is 2.43. The van der Waals surface area contributed by atoms with Gasteiger partial charge in [-0.3, -0.25) is 0 Å². The van der Waals surface area contributed by atoms with E-state index in [1.165, 1.54) is 37.3 Å². The van der Waals surface area contributed by atoms with Crippen LogP contribution in [0.25, 0.3) is 0 Å². The molecule has 2 aromatic rings. The van der Waals surface area contributed by atoms with Gasteiger partial charge >= 0.3 is 12.4 Å². The van der Waals surface area contributed by atoms with Gasteiger partial charge in [0.1, 0.15) is 0 Å². The van der Waals surface area contributed by atoms with Crippen LogP contribution < -0.4 is 0 Å². The van der Waals surface area contributed by atoms with Crippen molar-refractivity contribution in [2.75, 3.05) is 13.1 Å². The maximum absolute atomic E-state index is 13.5. The van der Waals surface area contributed by atoms with Crippen molar-refractivity contribution in [3.8, 4) is 0 Å². The van der Waals surface area contributed by atoms with E-state index in [2.05, 4.69) is 0 Å². The van der Waals surface area contributed by atoms with E-state index in [-0.39, 0.29) is 12.1 Å². The first-order valence-corrected chi connectivity index (χ1v) is 9.60. The van der Waals surface area contributed by atoms with E-state index in [0.717, 1.165) is 12.1 Å². The van der Waals surface area contributed by atoms with E-state index in [1.54, 1.807) is 0 Å². The smallest absolute Gasteiger partial charge is 0.207 e. The Labute approximate surface area is 158 Å². The summed E-state index contributed by atoms with van der Waals surface area (Å²) in [6.45, 7) is 0.205. The molecule has 0 fully saturated rings. The van der Waals surface area contributed by atoms with Gasteiger partial charge in [0.2, 0.25) is 10.0 Å². The summed E-state index contributed by atoms with van der Waals surface area (Å²) in [6.07, 6.45) is -9.36. The van der Waals surface area contributed by atoms with Crippen molar-refractivity contribution >= 4 is 10.0 Å². The van der Waals surface area contributed by atoms with Crippen LogP contribution in [0.15, 0.2) is 59.5 Å². The minimum Gasteiger partial charge on any atom is -0.207 e. The third kappa shape index (κ3) is 5.05. The predicted octanol–water partition coefficient (Wildman–Crippen LogP) is 5.06. The highest BCUT2D eigenvalue weighted by molar-refractivity contribution is 7.89. The second-order valence-electron chi connectivity index (χ2n) is 5.98. The van der Waals surface area contributed by atoms with Crippen LogP contribution in [0.2, 0.25) is 0 Å². The molecule has 0 N–H and O–H groups in total. The van der Waals surface area contributed by atoms with Gasteiger partial charge in [-0.05, 0) is 29.8 Å². The topological polar surface area (TPSA) is 37.4 Å². The molecule has 28 heavy (non-hydrogen) atoms. The Morgan fingerprint density at radius 2 is 1.43 bits per heavy atom. The lowest BCUT2D eigenvalue weighted by atomic mass is 9.98. The molecular formula is C18H17F6NO2S. The maximum Gasteiger partial charge on any atom is 0.416 e. The summed E-state index contributed by atoms with van der Waals surface area (Å²) < 4.78 is 105. The number of nitrogens with zero attached hydrogens (tertiary/aromatic N) is 1. The second kappa shape index (κ2) is 8.12. The molecule has 154 valence electrons. The SMILES string of the molecule is CCN(CC(c1ccccc1)C(F)(F)F)S(=O)(=O)c1ccc(C(F)(F)F)cc1. The van der Waals surface area contributed by atoms with Gasteiger partial charge in [-0.15, -0.1) is 0 Å². The first kappa shape index (κ1) is 22.2. The molecule has 0 aliphatic heterocycles. The first-order valence-electron chi connectivity index (χ1n) is 8.16. The minimum atomic E-state index is -4.70. The van der Waals surface area contributed by atoms with E-state index in [4.69, 9.17) is 0 Å². The molecule has 0 bridgehead atoms. The summed E-state index contributed by atoms with van der Waals surface area (Å²) in [5, 5.41) is 0. The van der Waals surface area contributed by atoms with Crippen molar-refractivity contribution in [2.24, 2.45) is 0 Å². The molecule has 0 aliphatic carbocycles. The van der Waals surface area contributed by atoms with Crippen LogP contribution in [0.5, 0.6) is 0 Å². The zero-order chi connectivity index (χ0) is 21.2. The molecule has 0 aromatic heterocycles. The molecular weight excluding hydrogens is 408 g/mol. The monoisotopic (exact) mass is 425 g/mol. The van der Waals surface area contributed by atoms with Crippen LogP contribution >= 0.6 is 0 Å². The van der Waals surface area contributed by atoms with Gasteiger partial charge in [-0.1, -0.05) is 37.3 Å². The fourth-order valence-corrected chi connectivity index (χ4v) is 4.11. The normalized spacial score (nSPS) is 14.3. The molecule has 0 saturated heterocycles. The summed E-state index contributed by atoms with van der Waals surface area (Å²) >= 11 is 0. The van der Waals surface area contributed by atoms with E-state index < -0.39 is 45.3 Å². The lowest BCUT2D eigenvalue weighted by Gasteiger charge is -2.28. The molecule has 0 spiro atoms. The van der Waals surface area contributed by atoms with Crippen LogP contribution in [0, 0.1) is 0 Å². The molecule has 3 nitrogen and oxygen atoms in total. The van der Waals surface area contributed by atoms with Crippen molar-refractivity contribution < 1.29 is 34.8 Å². The quantitative estimate of drug-likeness (QED) is 0.607. The van der Waals surface area contributed by atoms with Gasteiger partial charge in [0, 0.05) is 13.1 Å². The van der Waals surface area contributed by atoms with Crippen molar-refractivity contribution in [1.29, 1.82) is 0 Å². The number of likely N-dealkylation sites (N-methyl/N-ethyl adjacent to an activating group) is 1. The molecule has 2 aromatic carbocycles. The number of alkyl halides is 6. The van der Waals surface area contributed by atoms with Gasteiger partial charge in [-0.25, -0.2) is 8.42 Å². The Morgan fingerprint density at radius 3 is 1.86 bits per heavy atom. The van der Waals surface area contributed by atoms with Gasteiger partial charge < -0.3 is 0 Å². The molecule has 10 heteroatoms. The molecule has 1 atom stereocenters. The summed E-state index contributed by atoms with van der Waals surface area (Å²) in [6, 6.07) is 9.50. The molecule has 2 rings (SSSR count). The molecule has 0 amide bonds. The largest absolute Gasteiger partial charge is 0.416 e. The van der Waals surface area contributed by atoms with Crippen LogP contribution in [-0.2, 0) is 16.2 Å². The van der Waals surface area contributed by atoms with E-state index in [9.17, 15) is 34.8 Å². The van der Waals surface area contributed by atoms with Crippen LogP contribution in [-0.4, -0.2) is 32.0 Å². The van der Waals surface area contributed by atoms with E-state index in [1.807, 2.05) is 0 Å². The Kier molecular flexibility index (Phi) is 6.44. The third-order valence-electron chi connectivity index (χ3n) is 4.16. The van der Waals surface area contributed by atoms with Crippen LogP contribution in [0.3, 0.4) is 0 Å². The fourth-order valence-electron chi connectivity index (χ4n) is 2.65. The Morgan fingerprint density at radius 1 is 0.893 bits per heavy atom. The summed E-state index contributed by atoms with van der Waals surface area (Å²) in [4.78, 5) is -0.503. The fraction of sp³-hybridized carbons (Fsp3) is 0.333. The van der Waals surface area contributed by atoms with Crippen molar-refractivity contribution in [2.45, 2.75) is 30.1 Å². The molecule has 1 unspecified atom stereocenters. The zero-order valence-corrected chi connectivity index (χ0v) is 15.4. The number of benzene rings is 2. The number of hydrogen-bond acceptors (Lipinski definition) is 2. The Hall–Kier alpha value is -2.07. The van der Waals surface area contributed by atoms with Crippen LogP contribution in [0.1, 0.15) is 24.0 Å². The first-order chi connectivity index (χ1) is 12.9. The highest BCUT2D eigenvalue weighted by atomic mass is 32.2. The van der Waals surface area contributed by atoms with Gasteiger partial charge in [-0.2, -0.15) is 30.6 Å². The minimum absolute atomic E-state index is 0.101. The maximum atomic E-state index is 13.5. The predicted molar refractivity (Wildman–Crippen MR) is 91.1 cm³/mol. The lowest BCUT2D eigenvalue weighted by Crippen LogP contribution is -2.39. The lowest BCUT2D eigenvalue weighted by molar-refractivity contribution is -0.152. The van der Waals surface area contributed by atoms with Gasteiger partial charge in [0.25, 0.3) is 0 Å². The van der Waals surface area contributed by atoms with Crippen LogP contribution in [0.4, 0.5) is 26.3 Å². The molecule has 0 radical (unpaired) electrons. The average molecular weight is 425 g/mol. The molecule has 0 aliphatic rings. The Balaban J connectivity index is 2.36. The molecule has 0 saturated carbocycles. The Bertz CT molecular complexity index is 877. The number of halogens is 6. The second-order valence-corrected chi connectivity index (χ2v) is 7.92. The standard InChI is InChI=1S/C18H17F6NO2S/c1-2-25(12-16(18(22,23)24)13-6-4-3-5-7-13)28(26,27)15-10-8-14(9-11-15)17(19,20)21/h3-11,16H,2,12H2,1H3. The van der Waals surface area contributed by atoms with Gasteiger partial charge in [0.15, 0.2) is 0 Å². The zero-order valence-electron chi connectivity index (χ0n) is 14.6. The number of hydrogen-bond donors (Lipinski definition) is 0. The molecule has 0 heterocycles. The average Bonchev–Trinajstić information content (AvgIpc) is 2.61. The van der Waals surface area contributed by atoms with E-state index >= 15 is 0 Å². The number of rotatable bonds is 6. The third-order valence-corrected chi connectivity index (χ3v) is 6.11. The van der Waals surface area contributed by atoms with Crippen molar-refractivity contribution in [3.63, 3.8) is 0 Å². The summed E-state index contributed by atoms with van der Waals surface area (Å²) in [7, 11) is -4.41. The highest BCUT2D eigenvalue weighted by Crippen LogP contribution is 2.37. The van der Waals surface area contributed by atoms with Crippen molar-refractivity contribution in [1.82, 2.24) is 4.31 Å². The van der Waals surface area contributed by atoms with Crippen molar-refractivity contribution in [3.05, 3.63) is 65.7 Å². The van der Waals surface area contributed by atoms with E-state index in [0.29, 0.717) is 16.4 Å². The van der Waals surface area contributed by atoms with Gasteiger partial charge in [0.05, 0.1) is 16.4 Å². The summed E-state index contributed by atoms with van der Waals surface area (Å²) in [5.41, 5.74) is -1.15. The summed E-state index contributed by atoms with van der Waals surface area (Å²) in [5.74, 6) is -2.07. The number of sulfonamides is 1.